The molecule has 2 aromatic rings. The lowest BCUT2D eigenvalue weighted by Gasteiger charge is -1.98. The minimum absolute atomic E-state index is 0.973. The van der Waals surface area contributed by atoms with Gasteiger partial charge in [-0.1, -0.05) is 6.07 Å². The number of aryl methyl sites for hydroxylation is 2. The first kappa shape index (κ1) is 7.22. The molecule has 0 aliphatic rings. The number of aromatic nitrogens is 2. The van der Waals surface area contributed by atoms with E-state index in [0.717, 1.165) is 22.3 Å². The fourth-order valence-electron chi connectivity index (χ4n) is 1.24. The summed E-state index contributed by atoms with van der Waals surface area (Å²) in [6, 6.07) is 6.13. The third-order valence-corrected chi connectivity index (χ3v) is 1.85. The van der Waals surface area contributed by atoms with Crippen molar-refractivity contribution in [1.82, 2.24) is 9.97 Å². The number of nitrogens with zero attached hydrogens (tertiary/aromatic N) is 2. The Balaban J connectivity index is 2.79. The molecule has 0 unspecified atom stereocenters. The van der Waals surface area contributed by atoms with Gasteiger partial charge in [-0.25, -0.2) is 0 Å². The normalized spacial score (nSPS) is 10.5. The van der Waals surface area contributed by atoms with E-state index in [1.165, 1.54) is 0 Å². The molecule has 0 aliphatic heterocycles. The maximum Gasteiger partial charge on any atom is 0.0888 e. The predicted octanol–water partition coefficient (Wildman–Crippen LogP) is 2.25. The molecule has 0 aliphatic carbocycles. The van der Waals surface area contributed by atoms with Crippen LogP contribution >= 0.6 is 0 Å². The lowest BCUT2D eigenvalue weighted by molar-refractivity contribution is 1.18. The Morgan fingerprint density at radius 3 is 2.75 bits per heavy atom. The quantitative estimate of drug-likeness (QED) is 0.587. The average molecular weight is 158 g/mol. The van der Waals surface area contributed by atoms with Crippen molar-refractivity contribution in [2.24, 2.45) is 0 Å². The third kappa shape index (κ3) is 1.16. The molecule has 0 fully saturated rings. The summed E-state index contributed by atoms with van der Waals surface area (Å²) in [7, 11) is 0. The van der Waals surface area contributed by atoms with Crippen LogP contribution in [-0.2, 0) is 0 Å². The molecule has 0 saturated carbocycles. The van der Waals surface area contributed by atoms with Gasteiger partial charge >= 0.3 is 0 Å². The Hall–Kier alpha value is -1.44. The molecule has 60 valence electrons. The van der Waals surface area contributed by atoms with Gasteiger partial charge in [0.2, 0.25) is 0 Å². The summed E-state index contributed by atoms with van der Waals surface area (Å²) in [6.07, 6.45) is 1.82. The largest absolute Gasteiger partial charge is 0.259 e. The molecule has 2 heteroatoms. The molecule has 2 heterocycles. The highest BCUT2D eigenvalue weighted by Gasteiger charge is 1.95. The smallest absolute Gasteiger partial charge is 0.0888 e. The van der Waals surface area contributed by atoms with E-state index >= 15 is 0 Å². The van der Waals surface area contributed by atoms with E-state index in [4.69, 9.17) is 0 Å². The van der Waals surface area contributed by atoms with Crippen molar-refractivity contribution in [2.45, 2.75) is 13.8 Å². The van der Waals surface area contributed by atoms with Crippen molar-refractivity contribution in [2.75, 3.05) is 0 Å². The van der Waals surface area contributed by atoms with Crippen LogP contribution in [0.2, 0.25) is 0 Å². The van der Waals surface area contributed by atoms with Crippen LogP contribution in [0.4, 0.5) is 0 Å². The second-order valence-corrected chi connectivity index (χ2v) is 2.97. The van der Waals surface area contributed by atoms with Crippen molar-refractivity contribution < 1.29 is 0 Å². The van der Waals surface area contributed by atoms with Gasteiger partial charge in [-0.15, -0.1) is 0 Å². The summed E-state index contributed by atoms with van der Waals surface area (Å²) >= 11 is 0. The first-order valence-corrected chi connectivity index (χ1v) is 3.96. The van der Waals surface area contributed by atoms with E-state index < -0.39 is 0 Å². The van der Waals surface area contributed by atoms with E-state index in [-0.39, 0.29) is 0 Å². The lowest BCUT2D eigenvalue weighted by Crippen LogP contribution is -1.86. The minimum Gasteiger partial charge on any atom is -0.259 e. The van der Waals surface area contributed by atoms with Crippen molar-refractivity contribution in [1.29, 1.82) is 0 Å². The molecular weight excluding hydrogens is 148 g/mol. The first-order valence-electron chi connectivity index (χ1n) is 3.96. The van der Waals surface area contributed by atoms with Gasteiger partial charge in [-0.2, -0.15) is 0 Å². The van der Waals surface area contributed by atoms with Gasteiger partial charge in [0.15, 0.2) is 0 Å². The van der Waals surface area contributed by atoms with Crippen molar-refractivity contribution in [3.05, 3.63) is 35.8 Å². The number of fused-ring (bicyclic) bond motifs is 1. The zero-order chi connectivity index (χ0) is 8.55. The fourth-order valence-corrected chi connectivity index (χ4v) is 1.24. The second-order valence-electron chi connectivity index (χ2n) is 2.97. The molecular formula is C10H10N2. The van der Waals surface area contributed by atoms with Gasteiger partial charge in [0.25, 0.3) is 0 Å². The maximum absolute atomic E-state index is 4.35. The SMILES string of the molecule is Cc1cc2ccc(C)nc2cn1. The summed E-state index contributed by atoms with van der Waals surface area (Å²) in [4.78, 5) is 8.54. The molecule has 0 saturated heterocycles. The molecule has 0 spiro atoms. The van der Waals surface area contributed by atoms with Crippen LogP contribution in [0.3, 0.4) is 0 Å². The van der Waals surface area contributed by atoms with E-state index in [9.17, 15) is 0 Å². The Morgan fingerprint density at radius 1 is 1.08 bits per heavy atom. The average Bonchev–Trinajstić information content (AvgIpc) is 2.05. The topological polar surface area (TPSA) is 25.8 Å². The van der Waals surface area contributed by atoms with Gasteiger partial charge < -0.3 is 0 Å². The Labute approximate surface area is 71.3 Å². The summed E-state index contributed by atoms with van der Waals surface area (Å²) in [5.74, 6) is 0. The summed E-state index contributed by atoms with van der Waals surface area (Å²) in [6.45, 7) is 3.97. The van der Waals surface area contributed by atoms with Crippen LogP contribution in [-0.4, -0.2) is 9.97 Å². The Kier molecular flexibility index (Phi) is 1.54. The monoisotopic (exact) mass is 158 g/mol. The van der Waals surface area contributed by atoms with E-state index in [1.807, 2.05) is 32.2 Å². The van der Waals surface area contributed by atoms with Crippen LogP contribution in [0.5, 0.6) is 0 Å². The molecule has 2 rings (SSSR count). The molecule has 0 amide bonds. The lowest BCUT2D eigenvalue weighted by atomic mass is 10.2. The summed E-state index contributed by atoms with van der Waals surface area (Å²) in [5.41, 5.74) is 3.04. The molecule has 0 aromatic carbocycles. The zero-order valence-electron chi connectivity index (χ0n) is 7.20. The highest BCUT2D eigenvalue weighted by Crippen LogP contribution is 2.11. The standard InChI is InChI=1S/C10H10N2/c1-7-3-4-9-5-8(2)11-6-10(9)12-7/h3-6H,1-2H3. The highest BCUT2D eigenvalue weighted by atomic mass is 14.7. The summed E-state index contributed by atoms with van der Waals surface area (Å²) in [5, 5.41) is 1.16. The summed E-state index contributed by atoms with van der Waals surface area (Å²) < 4.78 is 0. The Bertz CT molecular complexity index is 380. The number of hydrogen-bond donors (Lipinski definition) is 0. The van der Waals surface area contributed by atoms with E-state index in [0.29, 0.717) is 0 Å². The first-order chi connectivity index (χ1) is 5.75. The van der Waals surface area contributed by atoms with Crippen molar-refractivity contribution in [3.63, 3.8) is 0 Å². The van der Waals surface area contributed by atoms with Gasteiger partial charge in [-0.05, 0) is 26.0 Å². The van der Waals surface area contributed by atoms with Crippen molar-refractivity contribution in [3.8, 4) is 0 Å². The molecule has 0 bridgehead atoms. The Morgan fingerprint density at radius 2 is 1.92 bits per heavy atom. The van der Waals surface area contributed by atoms with Gasteiger partial charge in [0.1, 0.15) is 0 Å². The molecule has 2 aromatic heterocycles. The van der Waals surface area contributed by atoms with Gasteiger partial charge in [0, 0.05) is 16.8 Å². The van der Waals surface area contributed by atoms with E-state index in [1.54, 1.807) is 0 Å². The van der Waals surface area contributed by atoms with E-state index in [2.05, 4.69) is 16.0 Å². The molecule has 12 heavy (non-hydrogen) atoms. The van der Waals surface area contributed by atoms with Gasteiger partial charge in [-0.3, -0.25) is 9.97 Å². The number of hydrogen-bond acceptors (Lipinski definition) is 2. The maximum atomic E-state index is 4.35. The molecule has 0 atom stereocenters. The number of rotatable bonds is 0. The molecule has 2 nitrogen and oxygen atoms in total. The predicted molar refractivity (Wildman–Crippen MR) is 49.0 cm³/mol. The number of pyridine rings is 2. The molecule has 0 radical (unpaired) electrons. The van der Waals surface area contributed by atoms with Crippen molar-refractivity contribution >= 4 is 10.9 Å². The molecule has 0 N–H and O–H groups in total. The fraction of sp³-hybridized carbons (Fsp3) is 0.200. The minimum atomic E-state index is 0.973. The zero-order valence-corrected chi connectivity index (χ0v) is 7.20. The second kappa shape index (κ2) is 2.55. The van der Waals surface area contributed by atoms with Crippen LogP contribution < -0.4 is 0 Å². The van der Waals surface area contributed by atoms with Gasteiger partial charge in [0.05, 0.1) is 11.7 Å². The van der Waals surface area contributed by atoms with Crippen LogP contribution in [0.15, 0.2) is 24.4 Å². The highest BCUT2D eigenvalue weighted by molar-refractivity contribution is 5.77. The van der Waals surface area contributed by atoms with Crippen LogP contribution in [0, 0.1) is 13.8 Å². The third-order valence-electron chi connectivity index (χ3n) is 1.85. The van der Waals surface area contributed by atoms with Crippen LogP contribution in [0.1, 0.15) is 11.4 Å². The van der Waals surface area contributed by atoms with Crippen LogP contribution in [0.25, 0.3) is 10.9 Å².